The van der Waals surface area contributed by atoms with Crippen LogP contribution in [0, 0.1) is 17.3 Å². The Kier molecular flexibility index (Phi) is 4.03. The lowest BCUT2D eigenvalue weighted by molar-refractivity contribution is -0.224. The molecule has 0 bridgehead atoms. The Morgan fingerprint density at radius 2 is 2.09 bits per heavy atom. The summed E-state index contributed by atoms with van der Waals surface area (Å²) in [7, 11) is 0. The van der Waals surface area contributed by atoms with Crippen LogP contribution in [0.1, 0.15) is 52.4 Å². The summed E-state index contributed by atoms with van der Waals surface area (Å²) in [6, 6.07) is 0. The van der Waals surface area contributed by atoms with Gasteiger partial charge in [0, 0.05) is 11.3 Å². The minimum Gasteiger partial charge on any atom is -0.389 e. The van der Waals surface area contributed by atoms with Crippen LogP contribution >= 0.6 is 0 Å². The molecule has 1 N–H and O–H groups in total. The van der Waals surface area contributed by atoms with Gasteiger partial charge in [-0.15, -0.1) is 6.58 Å². The zero-order chi connectivity index (χ0) is 16.0. The van der Waals surface area contributed by atoms with Crippen molar-refractivity contribution in [3.8, 4) is 0 Å². The Morgan fingerprint density at radius 3 is 2.82 bits per heavy atom. The van der Waals surface area contributed by atoms with Crippen LogP contribution in [0.2, 0.25) is 0 Å². The minimum absolute atomic E-state index is 0.197. The van der Waals surface area contributed by atoms with Gasteiger partial charge in [0.05, 0.1) is 18.8 Å². The van der Waals surface area contributed by atoms with Crippen molar-refractivity contribution >= 4 is 0 Å². The molecular weight excluding hydrogens is 276 g/mol. The van der Waals surface area contributed by atoms with Crippen LogP contribution in [0.4, 0.5) is 0 Å². The van der Waals surface area contributed by atoms with Gasteiger partial charge in [-0.05, 0) is 45.4 Å². The monoisotopic (exact) mass is 306 g/mol. The van der Waals surface area contributed by atoms with Crippen molar-refractivity contribution in [3.63, 3.8) is 0 Å². The molecule has 0 radical (unpaired) electrons. The van der Waals surface area contributed by atoms with Crippen molar-refractivity contribution in [2.45, 2.75) is 63.8 Å². The van der Waals surface area contributed by atoms with E-state index in [4.69, 9.17) is 9.47 Å². The minimum atomic E-state index is -0.733. The molecule has 0 aromatic rings. The number of rotatable bonds is 2. The number of aliphatic hydroxyl groups is 1. The molecular formula is C19H30O3. The first-order chi connectivity index (χ1) is 10.3. The number of allylic oxidation sites excluding steroid dienone is 1. The highest BCUT2D eigenvalue weighted by Gasteiger charge is 2.63. The Labute approximate surface area is 134 Å². The van der Waals surface area contributed by atoms with Crippen molar-refractivity contribution in [2.75, 3.05) is 13.2 Å². The summed E-state index contributed by atoms with van der Waals surface area (Å²) in [6.07, 6.45) is 7.81. The second-order valence-corrected chi connectivity index (χ2v) is 7.93. The fourth-order valence-corrected chi connectivity index (χ4v) is 5.07. The first-order valence-electron chi connectivity index (χ1n) is 8.63. The summed E-state index contributed by atoms with van der Waals surface area (Å²) >= 11 is 0. The third-order valence-electron chi connectivity index (χ3n) is 6.34. The third kappa shape index (κ3) is 2.29. The molecule has 0 amide bonds. The molecule has 124 valence electrons. The SMILES string of the molecule is C=CC[C@]12COC(C)(C)OC[C@H]1CC(=C)[C@@H]1CCCC[C@]12O. The van der Waals surface area contributed by atoms with Crippen molar-refractivity contribution in [1.82, 2.24) is 0 Å². The summed E-state index contributed by atoms with van der Waals surface area (Å²) < 4.78 is 12.1. The quantitative estimate of drug-likeness (QED) is 0.788. The molecule has 22 heavy (non-hydrogen) atoms. The van der Waals surface area contributed by atoms with Crippen LogP contribution in [-0.4, -0.2) is 29.7 Å². The molecule has 0 spiro atoms. The molecule has 0 unspecified atom stereocenters. The average Bonchev–Trinajstić information content (AvgIpc) is 2.59. The fourth-order valence-electron chi connectivity index (χ4n) is 5.07. The first-order valence-corrected chi connectivity index (χ1v) is 8.63. The second-order valence-electron chi connectivity index (χ2n) is 7.93. The number of fused-ring (bicyclic) bond motifs is 3. The van der Waals surface area contributed by atoms with Gasteiger partial charge in [-0.2, -0.15) is 0 Å². The van der Waals surface area contributed by atoms with Gasteiger partial charge in [-0.1, -0.05) is 31.1 Å². The predicted octanol–water partition coefficient (Wildman–Crippen LogP) is 3.83. The van der Waals surface area contributed by atoms with Gasteiger partial charge in [0.1, 0.15) is 0 Å². The third-order valence-corrected chi connectivity index (χ3v) is 6.34. The van der Waals surface area contributed by atoms with E-state index >= 15 is 0 Å². The van der Waals surface area contributed by atoms with E-state index in [9.17, 15) is 5.11 Å². The van der Waals surface area contributed by atoms with E-state index in [1.807, 2.05) is 19.9 Å². The lowest BCUT2D eigenvalue weighted by Gasteiger charge is -2.60. The molecule has 1 saturated heterocycles. The van der Waals surface area contributed by atoms with E-state index in [0.29, 0.717) is 13.2 Å². The molecule has 3 fully saturated rings. The van der Waals surface area contributed by atoms with E-state index in [2.05, 4.69) is 13.2 Å². The highest BCUT2D eigenvalue weighted by atomic mass is 16.7. The van der Waals surface area contributed by atoms with Crippen molar-refractivity contribution < 1.29 is 14.6 Å². The Balaban J connectivity index is 2.06. The van der Waals surface area contributed by atoms with Gasteiger partial charge in [0.25, 0.3) is 0 Å². The lowest BCUT2D eigenvalue weighted by atomic mass is 9.48. The number of hydrogen-bond acceptors (Lipinski definition) is 3. The number of hydrogen-bond donors (Lipinski definition) is 1. The van der Waals surface area contributed by atoms with Gasteiger partial charge in [-0.25, -0.2) is 0 Å². The maximum atomic E-state index is 11.8. The Morgan fingerprint density at radius 1 is 1.32 bits per heavy atom. The molecule has 3 nitrogen and oxygen atoms in total. The molecule has 2 aliphatic carbocycles. The van der Waals surface area contributed by atoms with E-state index in [1.54, 1.807) is 0 Å². The maximum Gasteiger partial charge on any atom is 0.162 e. The largest absolute Gasteiger partial charge is 0.389 e. The van der Waals surface area contributed by atoms with Crippen molar-refractivity contribution in [1.29, 1.82) is 0 Å². The van der Waals surface area contributed by atoms with Crippen molar-refractivity contribution in [3.05, 3.63) is 24.8 Å². The standard InChI is InChI=1S/C19H30O3/c1-5-9-18-13-22-17(3,4)21-12-15(18)11-14(2)16-8-6-7-10-19(16,18)20/h5,15-16,20H,1-2,6-13H2,3-4H3/t15-,16+,18+,19+/m1/s1. The summed E-state index contributed by atoms with van der Waals surface area (Å²) in [5.74, 6) is -0.144. The molecule has 3 heteroatoms. The average molecular weight is 306 g/mol. The topological polar surface area (TPSA) is 38.7 Å². The summed E-state index contributed by atoms with van der Waals surface area (Å²) in [4.78, 5) is 0. The highest BCUT2D eigenvalue weighted by Crippen LogP contribution is 2.60. The summed E-state index contributed by atoms with van der Waals surface area (Å²) in [5, 5.41) is 11.8. The number of ether oxygens (including phenoxy) is 2. The van der Waals surface area contributed by atoms with Crippen LogP contribution in [-0.2, 0) is 9.47 Å². The fraction of sp³-hybridized carbons (Fsp3) is 0.789. The molecule has 1 aliphatic heterocycles. The normalized spacial score (nSPS) is 44.6. The van der Waals surface area contributed by atoms with Gasteiger partial charge in [0.2, 0.25) is 0 Å². The van der Waals surface area contributed by atoms with Crippen LogP contribution in [0.5, 0.6) is 0 Å². The zero-order valence-corrected chi connectivity index (χ0v) is 14.1. The second kappa shape index (κ2) is 5.47. The Bertz CT molecular complexity index is 469. The van der Waals surface area contributed by atoms with E-state index < -0.39 is 11.4 Å². The molecule has 0 aromatic carbocycles. The maximum absolute atomic E-state index is 11.8. The van der Waals surface area contributed by atoms with E-state index in [1.165, 1.54) is 12.0 Å². The smallest absolute Gasteiger partial charge is 0.162 e. The van der Waals surface area contributed by atoms with Gasteiger partial charge in [-0.3, -0.25) is 0 Å². The van der Waals surface area contributed by atoms with Gasteiger partial charge in [0.15, 0.2) is 5.79 Å². The van der Waals surface area contributed by atoms with E-state index in [0.717, 1.165) is 32.1 Å². The molecule has 4 atom stereocenters. The van der Waals surface area contributed by atoms with Crippen molar-refractivity contribution in [2.24, 2.45) is 17.3 Å². The van der Waals surface area contributed by atoms with E-state index in [-0.39, 0.29) is 17.3 Å². The van der Waals surface area contributed by atoms with Gasteiger partial charge < -0.3 is 14.6 Å². The van der Waals surface area contributed by atoms with Crippen LogP contribution in [0.3, 0.4) is 0 Å². The summed E-state index contributed by atoms with van der Waals surface area (Å²) in [6.45, 7) is 13.4. The first kappa shape index (κ1) is 16.2. The van der Waals surface area contributed by atoms with Gasteiger partial charge >= 0.3 is 0 Å². The molecule has 3 rings (SSSR count). The van der Waals surface area contributed by atoms with Crippen LogP contribution < -0.4 is 0 Å². The Hall–Kier alpha value is -0.640. The molecule has 2 saturated carbocycles. The molecule has 1 heterocycles. The molecule has 0 aromatic heterocycles. The highest BCUT2D eigenvalue weighted by molar-refractivity contribution is 5.24. The van der Waals surface area contributed by atoms with Crippen LogP contribution in [0.15, 0.2) is 24.8 Å². The zero-order valence-electron chi connectivity index (χ0n) is 14.1. The predicted molar refractivity (Wildman–Crippen MR) is 87.4 cm³/mol. The summed E-state index contributed by atoms with van der Waals surface area (Å²) in [5.41, 5.74) is 0.174. The lowest BCUT2D eigenvalue weighted by Crippen LogP contribution is -2.63. The molecule has 3 aliphatic rings. The van der Waals surface area contributed by atoms with Crippen LogP contribution in [0.25, 0.3) is 0 Å².